The van der Waals surface area contributed by atoms with Crippen molar-refractivity contribution in [3.63, 3.8) is 0 Å². The molecule has 1 aliphatic heterocycles. The number of nitrogens with one attached hydrogen (secondary N) is 1. The van der Waals surface area contributed by atoms with Crippen LogP contribution in [0.15, 0.2) is 23.2 Å². The van der Waals surface area contributed by atoms with E-state index in [0.717, 1.165) is 18.9 Å². The molecule has 2 aromatic heterocycles. The molecule has 1 saturated heterocycles. The lowest BCUT2D eigenvalue weighted by Crippen LogP contribution is -2.50. The summed E-state index contributed by atoms with van der Waals surface area (Å²) in [5.74, 6) is 1.38. The first-order valence-electron chi connectivity index (χ1n) is 7.13. The van der Waals surface area contributed by atoms with Crippen molar-refractivity contribution in [2.45, 2.75) is 19.9 Å². The van der Waals surface area contributed by atoms with Gasteiger partial charge in [-0.05, 0) is 13.5 Å². The highest BCUT2D eigenvalue weighted by molar-refractivity contribution is 5.93. The highest BCUT2D eigenvalue weighted by atomic mass is 16.3. The normalized spacial score (nSPS) is 19.9. The Morgan fingerprint density at radius 1 is 1.48 bits per heavy atom. The van der Waals surface area contributed by atoms with Gasteiger partial charge in [-0.15, -0.1) is 0 Å². The van der Waals surface area contributed by atoms with Gasteiger partial charge in [-0.25, -0.2) is 9.97 Å². The van der Waals surface area contributed by atoms with Crippen molar-refractivity contribution < 1.29 is 9.21 Å². The molecule has 3 rings (SSSR count). The average molecular weight is 289 g/mol. The molecule has 1 aliphatic rings. The van der Waals surface area contributed by atoms with Gasteiger partial charge >= 0.3 is 0 Å². The molecular weight excluding hydrogens is 270 g/mol. The summed E-state index contributed by atoms with van der Waals surface area (Å²) in [7, 11) is 0. The van der Waals surface area contributed by atoms with Crippen LogP contribution in [0, 0.1) is 6.92 Å². The highest BCUT2D eigenvalue weighted by Crippen LogP contribution is 2.23. The number of rotatable bonds is 3. The van der Waals surface area contributed by atoms with E-state index in [0.29, 0.717) is 24.5 Å². The number of imidazole rings is 1. The van der Waals surface area contributed by atoms with E-state index >= 15 is 0 Å². The zero-order valence-electron chi connectivity index (χ0n) is 12.2. The number of likely N-dealkylation sites (N-methyl/N-ethyl adjacent to an activating group) is 1. The van der Waals surface area contributed by atoms with Crippen molar-refractivity contribution in [2.24, 2.45) is 0 Å². The smallest absolute Gasteiger partial charge is 0.276 e. The number of aromatic amines is 1. The minimum absolute atomic E-state index is 0.0754. The first kappa shape index (κ1) is 13.8. The number of aromatic nitrogens is 3. The van der Waals surface area contributed by atoms with E-state index in [-0.39, 0.29) is 11.9 Å². The largest absolute Gasteiger partial charge is 0.448 e. The molecule has 0 bridgehead atoms. The van der Waals surface area contributed by atoms with E-state index in [9.17, 15) is 4.79 Å². The number of carbonyl (C=O) groups is 1. The standard InChI is InChI=1S/C14H19N5O2/c1-3-18-6-7-19(8-11(18)13-15-4-5-16-13)14(20)12-10(2)21-9-17-12/h4-5,9,11H,3,6-8H2,1-2H3,(H,15,16)/t11-/m0/s1. The second-order valence-corrected chi connectivity index (χ2v) is 5.13. The third-order valence-electron chi connectivity index (χ3n) is 3.97. The Bertz CT molecular complexity index is 607. The number of hydrogen-bond donors (Lipinski definition) is 1. The van der Waals surface area contributed by atoms with Crippen LogP contribution in [0.2, 0.25) is 0 Å². The minimum Gasteiger partial charge on any atom is -0.448 e. The zero-order valence-corrected chi connectivity index (χ0v) is 12.2. The minimum atomic E-state index is -0.0754. The molecule has 0 radical (unpaired) electrons. The summed E-state index contributed by atoms with van der Waals surface area (Å²) in [6.45, 7) is 6.92. The summed E-state index contributed by atoms with van der Waals surface area (Å²) in [6.07, 6.45) is 4.87. The van der Waals surface area contributed by atoms with E-state index in [4.69, 9.17) is 4.42 Å². The Morgan fingerprint density at radius 3 is 2.95 bits per heavy atom. The zero-order chi connectivity index (χ0) is 14.8. The van der Waals surface area contributed by atoms with Gasteiger partial charge in [0.15, 0.2) is 12.1 Å². The molecule has 21 heavy (non-hydrogen) atoms. The quantitative estimate of drug-likeness (QED) is 0.919. The molecule has 0 aliphatic carbocycles. The number of aryl methyl sites for hydroxylation is 1. The third kappa shape index (κ3) is 2.56. The first-order chi connectivity index (χ1) is 10.2. The van der Waals surface area contributed by atoms with Gasteiger partial charge in [0, 0.05) is 32.0 Å². The number of piperazine rings is 1. The summed E-state index contributed by atoms with van der Waals surface area (Å²) in [4.78, 5) is 28.2. The third-order valence-corrected chi connectivity index (χ3v) is 3.97. The lowest BCUT2D eigenvalue weighted by Gasteiger charge is -2.39. The lowest BCUT2D eigenvalue weighted by atomic mass is 10.1. The highest BCUT2D eigenvalue weighted by Gasteiger charge is 2.32. The van der Waals surface area contributed by atoms with Gasteiger partial charge in [0.1, 0.15) is 11.6 Å². The molecule has 0 saturated carbocycles. The molecule has 0 unspecified atom stereocenters. The van der Waals surface area contributed by atoms with Gasteiger partial charge < -0.3 is 14.3 Å². The number of amides is 1. The fourth-order valence-electron chi connectivity index (χ4n) is 2.76. The Balaban J connectivity index is 1.80. The number of hydrogen-bond acceptors (Lipinski definition) is 5. The van der Waals surface area contributed by atoms with Crippen LogP contribution in [0.3, 0.4) is 0 Å². The van der Waals surface area contributed by atoms with Crippen LogP contribution in [0.25, 0.3) is 0 Å². The van der Waals surface area contributed by atoms with Gasteiger partial charge in [0.2, 0.25) is 0 Å². The number of oxazole rings is 1. The molecule has 2 aromatic rings. The molecule has 1 N–H and O–H groups in total. The fourth-order valence-corrected chi connectivity index (χ4v) is 2.76. The number of carbonyl (C=O) groups excluding carboxylic acids is 1. The van der Waals surface area contributed by atoms with E-state index in [1.54, 1.807) is 13.1 Å². The molecule has 0 aromatic carbocycles. The van der Waals surface area contributed by atoms with Crippen molar-refractivity contribution in [1.29, 1.82) is 0 Å². The molecule has 7 heteroatoms. The van der Waals surface area contributed by atoms with Crippen LogP contribution in [-0.4, -0.2) is 56.8 Å². The van der Waals surface area contributed by atoms with Crippen LogP contribution in [0.1, 0.15) is 35.0 Å². The molecule has 1 amide bonds. The van der Waals surface area contributed by atoms with Crippen molar-refractivity contribution in [1.82, 2.24) is 24.8 Å². The Hall–Kier alpha value is -2.15. The average Bonchev–Trinajstić information content (AvgIpc) is 3.17. The monoisotopic (exact) mass is 289 g/mol. The molecular formula is C14H19N5O2. The molecule has 1 fully saturated rings. The van der Waals surface area contributed by atoms with E-state index in [1.165, 1.54) is 6.39 Å². The van der Waals surface area contributed by atoms with Gasteiger partial charge in [-0.2, -0.15) is 0 Å². The van der Waals surface area contributed by atoms with Gasteiger partial charge in [0.25, 0.3) is 5.91 Å². The Labute approximate surface area is 123 Å². The van der Waals surface area contributed by atoms with Crippen LogP contribution in [0.5, 0.6) is 0 Å². The van der Waals surface area contributed by atoms with Crippen molar-refractivity contribution in [2.75, 3.05) is 26.2 Å². The van der Waals surface area contributed by atoms with Crippen LogP contribution in [-0.2, 0) is 0 Å². The molecule has 0 spiro atoms. The first-order valence-corrected chi connectivity index (χ1v) is 7.13. The summed E-state index contributed by atoms with van der Waals surface area (Å²) in [5.41, 5.74) is 0.401. The molecule has 1 atom stereocenters. The van der Waals surface area contributed by atoms with E-state index in [1.807, 2.05) is 11.1 Å². The summed E-state index contributed by atoms with van der Waals surface area (Å²) >= 11 is 0. The predicted molar refractivity (Wildman–Crippen MR) is 75.7 cm³/mol. The SMILES string of the molecule is CCN1CCN(C(=O)c2ncoc2C)C[C@H]1c1ncc[nH]1. The molecule has 112 valence electrons. The maximum atomic E-state index is 12.5. The second-order valence-electron chi connectivity index (χ2n) is 5.13. The molecule has 3 heterocycles. The van der Waals surface area contributed by atoms with E-state index < -0.39 is 0 Å². The van der Waals surface area contributed by atoms with Crippen molar-refractivity contribution in [3.05, 3.63) is 36.1 Å². The summed E-state index contributed by atoms with van der Waals surface area (Å²) in [5, 5.41) is 0. The maximum absolute atomic E-state index is 12.5. The Kier molecular flexibility index (Phi) is 3.74. The van der Waals surface area contributed by atoms with E-state index in [2.05, 4.69) is 26.8 Å². The summed E-state index contributed by atoms with van der Waals surface area (Å²) in [6, 6.07) is 0.0925. The lowest BCUT2D eigenvalue weighted by molar-refractivity contribution is 0.0474. The predicted octanol–water partition coefficient (Wildman–Crippen LogP) is 1.23. The van der Waals surface area contributed by atoms with Crippen molar-refractivity contribution >= 4 is 5.91 Å². The molecule has 7 nitrogen and oxygen atoms in total. The maximum Gasteiger partial charge on any atom is 0.276 e. The van der Waals surface area contributed by atoms with Gasteiger partial charge in [0.05, 0.1) is 6.04 Å². The van der Waals surface area contributed by atoms with Crippen molar-refractivity contribution in [3.8, 4) is 0 Å². The Morgan fingerprint density at radius 2 is 2.33 bits per heavy atom. The topological polar surface area (TPSA) is 78.3 Å². The number of nitrogens with zero attached hydrogens (tertiary/aromatic N) is 4. The summed E-state index contributed by atoms with van der Waals surface area (Å²) < 4.78 is 5.13. The van der Waals surface area contributed by atoms with Gasteiger partial charge in [-0.1, -0.05) is 6.92 Å². The number of H-pyrrole nitrogens is 1. The van der Waals surface area contributed by atoms with Crippen LogP contribution >= 0.6 is 0 Å². The fraction of sp³-hybridized carbons (Fsp3) is 0.500. The van der Waals surface area contributed by atoms with Gasteiger partial charge in [-0.3, -0.25) is 9.69 Å². The second kappa shape index (κ2) is 5.69. The van der Waals surface area contributed by atoms with Crippen LogP contribution < -0.4 is 0 Å². The van der Waals surface area contributed by atoms with Crippen LogP contribution in [0.4, 0.5) is 0 Å².